The number of nitrogens with zero attached hydrogens (tertiary/aromatic N) is 2. The molecule has 2 N–H and O–H groups in total. The topological polar surface area (TPSA) is 90.0 Å². The molecule has 0 spiro atoms. The summed E-state index contributed by atoms with van der Waals surface area (Å²) >= 11 is 0. The van der Waals surface area contributed by atoms with Crippen LogP contribution in [0.5, 0.6) is 0 Å². The zero-order chi connectivity index (χ0) is 19.3. The molecule has 3 unspecified atom stereocenters. The van der Waals surface area contributed by atoms with Gasteiger partial charge in [0.2, 0.25) is 5.91 Å². The minimum atomic E-state index is -0.914. The van der Waals surface area contributed by atoms with E-state index in [0.29, 0.717) is 50.9 Å². The Balaban J connectivity index is 1.89. The van der Waals surface area contributed by atoms with E-state index in [1.54, 1.807) is 9.80 Å². The monoisotopic (exact) mass is 367 g/mol. The Morgan fingerprint density at radius 3 is 2.58 bits per heavy atom. The van der Waals surface area contributed by atoms with Gasteiger partial charge in [0.05, 0.1) is 0 Å². The van der Waals surface area contributed by atoms with Crippen molar-refractivity contribution in [2.24, 2.45) is 17.8 Å². The van der Waals surface area contributed by atoms with Gasteiger partial charge in [0.15, 0.2) is 0 Å². The predicted octanol–water partition coefficient (Wildman–Crippen LogP) is 2.17. The zero-order valence-corrected chi connectivity index (χ0v) is 16.2. The minimum absolute atomic E-state index is 0.0638. The average Bonchev–Trinajstić information content (AvgIpc) is 2.59. The molecule has 2 rings (SSSR count). The number of hydrogen-bond acceptors (Lipinski definition) is 3. The molecule has 2 aliphatic rings. The first-order chi connectivity index (χ1) is 12.3. The number of hydrogen-bond donors (Lipinski definition) is 2. The Morgan fingerprint density at radius 2 is 1.92 bits per heavy atom. The van der Waals surface area contributed by atoms with Crippen LogP contribution >= 0.6 is 0 Å². The number of piperidine rings is 2. The molecule has 0 aromatic heterocycles. The van der Waals surface area contributed by atoms with Gasteiger partial charge in [-0.3, -0.25) is 4.79 Å². The van der Waals surface area contributed by atoms with Crippen LogP contribution < -0.4 is 5.32 Å². The normalized spacial score (nSPS) is 26.7. The molecule has 3 atom stereocenters. The average molecular weight is 367 g/mol. The smallest absolute Gasteiger partial charge is 0.326 e. The zero-order valence-electron chi connectivity index (χ0n) is 16.2. The fourth-order valence-corrected chi connectivity index (χ4v) is 3.86. The van der Waals surface area contributed by atoms with Gasteiger partial charge in [0.1, 0.15) is 6.04 Å². The van der Waals surface area contributed by atoms with E-state index in [1.807, 2.05) is 6.92 Å². The largest absolute Gasteiger partial charge is 0.480 e. The van der Waals surface area contributed by atoms with Crippen molar-refractivity contribution in [1.29, 1.82) is 0 Å². The van der Waals surface area contributed by atoms with E-state index >= 15 is 0 Å². The van der Waals surface area contributed by atoms with Gasteiger partial charge in [0, 0.05) is 32.6 Å². The van der Waals surface area contributed by atoms with Crippen LogP contribution in [0.4, 0.5) is 4.79 Å². The molecule has 0 aliphatic carbocycles. The highest BCUT2D eigenvalue weighted by molar-refractivity contribution is 5.84. The molecule has 0 bridgehead atoms. The van der Waals surface area contributed by atoms with Crippen molar-refractivity contribution >= 4 is 17.9 Å². The van der Waals surface area contributed by atoms with Gasteiger partial charge >= 0.3 is 12.0 Å². The number of likely N-dealkylation sites (tertiary alicyclic amines) is 2. The fraction of sp³-hybridized carbons (Fsp3) is 0.842. The van der Waals surface area contributed by atoms with Crippen molar-refractivity contribution < 1.29 is 19.5 Å². The minimum Gasteiger partial charge on any atom is -0.480 e. The number of urea groups is 1. The summed E-state index contributed by atoms with van der Waals surface area (Å²) in [4.78, 5) is 39.8. The maximum atomic E-state index is 12.7. The van der Waals surface area contributed by atoms with Gasteiger partial charge in [-0.05, 0) is 43.4 Å². The van der Waals surface area contributed by atoms with Gasteiger partial charge in [-0.15, -0.1) is 0 Å². The lowest BCUT2D eigenvalue weighted by molar-refractivity contribution is -0.153. The van der Waals surface area contributed by atoms with E-state index in [9.17, 15) is 19.5 Å². The molecule has 0 saturated carbocycles. The van der Waals surface area contributed by atoms with Crippen molar-refractivity contribution in [3.05, 3.63) is 0 Å². The molecule has 2 heterocycles. The Kier molecular flexibility index (Phi) is 7.29. The van der Waals surface area contributed by atoms with Crippen molar-refractivity contribution in [1.82, 2.24) is 15.1 Å². The molecular weight excluding hydrogens is 334 g/mol. The first kappa shape index (κ1) is 20.5. The van der Waals surface area contributed by atoms with E-state index in [2.05, 4.69) is 19.2 Å². The van der Waals surface area contributed by atoms with Crippen LogP contribution in [0.25, 0.3) is 0 Å². The molecule has 2 saturated heterocycles. The molecule has 7 nitrogen and oxygen atoms in total. The van der Waals surface area contributed by atoms with Gasteiger partial charge in [-0.25, -0.2) is 9.59 Å². The molecule has 0 aromatic rings. The summed E-state index contributed by atoms with van der Waals surface area (Å²) < 4.78 is 0. The number of carboxylic acid groups (broad SMARTS) is 1. The van der Waals surface area contributed by atoms with Crippen molar-refractivity contribution in [2.75, 3.05) is 26.2 Å². The van der Waals surface area contributed by atoms with Crippen molar-refractivity contribution in [3.63, 3.8) is 0 Å². The Hall–Kier alpha value is -1.79. The van der Waals surface area contributed by atoms with Crippen LogP contribution in [0.15, 0.2) is 0 Å². The van der Waals surface area contributed by atoms with Gasteiger partial charge in [-0.2, -0.15) is 0 Å². The van der Waals surface area contributed by atoms with Gasteiger partial charge in [0.25, 0.3) is 0 Å². The van der Waals surface area contributed by atoms with Crippen LogP contribution in [-0.4, -0.2) is 65.0 Å². The fourth-order valence-electron chi connectivity index (χ4n) is 3.86. The van der Waals surface area contributed by atoms with E-state index < -0.39 is 12.0 Å². The lowest BCUT2D eigenvalue weighted by Gasteiger charge is -2.38. The highest BCUT2D eigenvalue weighted by Gasteiger charge is 2.36. The lowest BCUT2D eigenvalue weighted by atomic mass is 9.90. The van der Waals surface area contributed by atoms with Gasteiger partial charge < -0.3 is 20.2 Å². The number of aliphatic carboxylic acids is 1. The quantitative estimate of drug-likeness (QED) is 0.779. The molecule has 0 aromatic carbocycles. The number of carbonyl (C=O) groups excluding carboxylic acids is 2. The predicted molar refractivity (Wildman–Crippen MR) is 98.7 cm³/mol. The summed E-state index contributed by atoms with van der Waals surface area (Å²) in [7, 11) is 0. The summed E-state index contributed by atoms with van der Waals surface area (Å²) in [6.45, 7) is 8.58. The molecule has 0 radical (unpaired) electrons. The van der Waals surface area contributed by atoms with Crippen LogP contribution in [0.3, 0.4) is 0 Å². The van der Waals surface area contributed by atoms with Gasteiger partial charge in [-0.1, -0.05) is 20.8 Å². The summed E-state index contributed by atoms with van der Waals surface area (Å²) in [5.74, 6) is -0.164. The maximum absolute atomic E-state index is 12.7. The second-order valence-corrected chi connectivity index (χ2v) is 8.31. The molecule has 3 amide bonds. The van der Waals surface area contributed by atoms with Crippen LogP contribution in [0, 0.1) is 17.8 Å². The third-order valence-corrected chi connectivity index (χ3v) is 5.40. The summed E-state index contributed by atoms with van der Waals surface area (Å²) in [5, 5.41) is 12.4. The molecular formula is C19H33N3O4. The van der Waals surface area contributed by atoms with Crippen LogP contribution in [0.1, 0.15) is 52.9 Å². The molecule has 2 fully saturated rings. The number of nitrogens with one attached hydrogen (secondary N) is 1. The second-order valence-electron chi connectivity index (χ2n) is 8.31. The second kappa shape index (κ2) is 9.24. The van der Waals surface area contributed by atoms with E-state index in [-0.39, 0.29) is 17.9 Å². The lowest BCUT2D eigenvalue weighted by Crippen LogP contribution is -2.51. The SMILES string of the molecule is CC(C)CNC(=O)N1CCCC(CC(=O)N2CCC(C)CC2C(=O)O)C1. The Morgan fingerprint density at radius 1 is 1.19 bits per heavy atom. The highest BCUT2D eigenvalue weighted by Crippen LogP contribution is 2.26. The summed E-state index contributed by atoms with van der Waals surface area (Å²) in [6.07, 6.45) is 3.49. The summed E-state index contributed by atoms with van der Waals surface area (Å²) in [6, 6.07) is -0.772. The molecule has 26 heavy (non-hydrogen) atoms. The summed E-state index contributed by atoms with van der Waals surface area (Å²) in [5.41, 5.74) is 0. The van der Waals surface area contributed by atoms with E-state index in [4.69, 9.17) is 0 Å². The highest BCUT2D eigenvalue weighted by atomic mass is 16.4. The molecule has 7 heteroatoms. The van der Waals surface area contributed by atoms with E-state index in [0.717, 1.165) is 19.3 Å². The van der Waals surface area contributed by atoms with E-state index in [1.165, 1.54) is 0 Å². The number of rotatable bonds is 5. The Bertz CT molecular complexity index is 523. The van der Waals surface area contributed by atoms with Crippen LogP contribution in [-0.2, 0) is 9.59 Å². The standard InChI is InChI=1S/C19H33N3O4/c1-13(2)11-20-19(26)21-7-4-5-15(12-21)10-17(23)22-8-6-14(3)9-16(22)18(24)25/h13-16H,4-12H2,1-3H3,(H,20,26)(H,24,25). The maximum Gasteiger partial charge on any atom is 0.326 e. The molecule has 148 valence electrons. The molecule has 2 aliphatic heterocycles. The Labute approximate surface area is 156 Å². The van der Waals surface area contributed by atoms with Crippen LogP contribution in [0.2, 0.25) is 0 Å². The van der Waals surface area contributed by atoms with Crippen molar-refractivity contribution in [3.8, 4) is 0 Å². The number of carbonyl (C=O) groups is 3. The third-order valence-electron chi connectivity index (χ3n) is 5.40. The van der Waals surface area contributed by atoms with Crippen molar-refractivity contribution in [2.45, 2.75) is 58.9 Å². The number of amides is 3. The third kappa shape index (κ3) is 5.61. The first-order valence-corrected chi connectivity index (χ1v) is 9.83. The number of carboxylic acids is 1. The first-order valence-electron chi connectivity index (χ1n) is 9.83.